The highest BCUT2D eigenvalue weighted by Crippen LogP contribution is 2.48. The van der Waals surface area contributed by atoms with Gasteiger partial charge in [-0.2, -0.15) is 0 Å². The Labute approximate surface area is 123 Å². The van der Waals surface area contributed by atoms with Crippen molar-refractivity contribution in [1.29, 1.82) is 0 Å². The molecular formula is C17H18N2O2. The zero-order valence-corrected chi connectivity index (χ0v) is 11.9. The summed E-state index contributed by atoms with van der Waals surface area (Å²) in [6.45, 7) is 1.77. The molecule has 1 fully saturated rings. The predicted molar refractivity (Wildman–Crippen MR) is 78.8 cm³/mol. The molecule has 1 aromatic heterocycles. The van der Waals surface area contributed by atoms with E-state index in [4.69, 9.17) is 0 Å². The topological polar surface area (TPSA) is 52.1 Å². The van der Waals surface area contributed by atoms with Gasteiger partial charge < -0.3 is 10.4 Å². The maximum Gasteiger partial charge on any atom is 0.303 e. The van der Waals surface area contributed by atoms with E-state index < -0.39 is 0 Å². The first-order valence-electron chi connectivity index (χ1n) is 7.44. The maximum absolute atomic E-state index is 12.6. The van der Waals surface area contributed by atoms with Crippen molar-refractivity contribution in [3.8, 4) is 11.3 Å². The van der Waals surface area contributed by atoms with Gasteiger partial charge in [0.15, 0.2) is 5.69 Å². The van der Waals surface area contributed by atoms with Crippen LogP contribution in [0.2, 0.25) is 0 Å². The number of benzene rings is 1. The molecule has 4 heteroatoms. The zero-order chi connectivity index (χ0) is 14.6. The fraction of sp³-hybridized carbons (Fsp3) is 0.353. The standard InChI is InChI=1S/C17H18N2O2/c1-11-16(13-5-3-2-4-6-13)19(21)17(18(11)20)15-10-12-7-8-14(15)9-12/h2-8,12,14-15,21H,9-10H2,1H3. The van der Waals surface area contributed by atoms with Crippen molar-refractivity contribution in [2.75, 3.05) is 0 Å². The fourth-order valence-electron chi connectivity index (χ4n) is 3.93. The Morgan fingerprint density at radius 3 is 2.57 bits per heavy atom. The molecular weight excluding hydrogens is 264 g/mol. The molecule has 1 N–H and O–H groups in total. The highest BCUT2D eigenvalue weighted by atomic mass is 16.5. The minimum Gasteiger partial charge on any atom is -0.710 e. The van der Waals surface area contributed by atoms with Crippen LogP contribution in [0.3, 0.4) is 0 Å². The second-order valence-corrected chi connectivity index (χ2v) is 6.15. The molecule has 21 heavy (non-hydrogen) atoms. The minimum absolute atomic E-state index is 0.124. The van der Waals surface area contributed by atoms with Gasteiger partial charge in [0.2, 0.25) is 5.69 Å². The van der Waals surface area contributed by atoms with Crippen LogP contribution in [0.4, 0.5) is 0 Å². The SMILES string of the molecule is Cc1c(-c2ccccc2)n(O)c(C2CC3C=CC2C3)[n+]1[O-]. The molecule has 108 valence electrons. The summed E-state index contributed by atoms with van der Waals surface area (Å²) < 4.78 is 2.04. The monoisotopic (exact) mass is 282 g/mol. The van der Waals surface area contributed by atoms with E-state index >= 15 is 0 Å². The van der Waals surface area contributed by atoms with Crippen LogP contribution in [0, 0.1) is 24.0 Å². The van der Waals surface area contributed by atoms with Crippen molar-refractivity contribution >= 4 is 0 Å². The molecule has 4 nitrogen and oxygen atoms in total. The first kappa shape index (κ1) is 12.5. The van der Waals surface area contributed by atoms with Gasteiger partial charge in [0.05, 0.1) is 5.92 Å². The lowest BCUT2D eigenvalue weighted by Gasteiger charge is -2.16. The van der Waals surface area contributed by atoms with Crippen LogP contribution >= 0.6 is 0 Å². The number of imidazole rings is 1. The number of hydrogen-bond acceptors (Lipinski definition) is 2. The predicted octanol–water partition coefficient (Wildman–Crippen LogP) is 3.01. The Hall–Kier alpha value is -2.23. The van der Waals surface area contributed by atoms with Gasteiger partial charge in [0, 0.05) is 12.5 Å². The smallest absolute Gasteiger partial charge is 0.303 e. The third-order valence-corrected chi connectivity index (χ3v) is 4.94. The summed E-state index contributed by atoms with van der Waals surface area (Å²) in [7, 11) is 0. The highest BCUT2D eigenvalue weighted by Gasteiger charge is 2.44. The normalized spacial score (nSPS) is 26.6. The van der Waals surface area contributed by atoms with Gasteiger partial charge in [0.1, 0.15) is 0 Å². The summed E-state index contributed by atoms with van der Waals surface area (Å²) >= 11 is 0. The van der Waals surface area contributed by atoms with E-state index in [9.17, 15) is 10.4 Å². The lowest BCUT2D eigenvalue weighted by molar-refractivity contribution is -0.623. The molecule has 2 bridgehead atoms. The molecule has 3 unspecified atom stereocenters. The van der Waals surface area contributed by atoms with Crippen molar-refractivity contribution in [3.05, 3.63) is 59.2 Å². The summed E-state index contributed by atoms with van der Waals surface area (Å²) in [6, 6.07) is 9.59. The van der Waals surface area contributed by atoms with Crippen molar-refractivity contribution in [1.82, 2.24) is 4.73 Å². The van der Waals surface area contributed by atoms with Gasteiger partial charge in [0.25, 0.3) is 0 Å². The van der Waals surface area contributed by atoms with Crippen LogP contribution < -0.4 is 4.73 Å². The molecule has 0 aliphatic heterocycles. The highest BCUT2D eigenvalue weighted by molar-refractivity contribution is 5.61. The Morgan fingerprint density at radius 1 is 1.19 bits per heavy atom. The van der Waals surface area contributed by atoms with Crippen LogP contribution in [0.25, 0.3) is 11.3 Å². The van der Waals surface area contributed by atoms with Crippen molar-refractivity contribution in [2.24, 2.45) is 11.8 Å². The number of rotatable bonds is 2. The van der Waals surface area contributed by atoms with Gasteiger partial charge >= 0.3 is 5.82 Å². The largest absolute Gasteiger partial charge is 0.710 e. The molecule has 0 amide bonds. The summed E-state index contributed by atoms with van der Waals surface area (Å²) in [5.74, 6) is 1.57. The number of allylic oxidation sites excluding steroid dienone is 2. The van der Waals surface area contributed by atoms with E-state index in [0.717, 1.165) is 27.9 Å². The van der Waals surface area contributed by atoms with Crippen molar-refractivity contribution in [2.45, 2.75) is 25.7 Å². The number of nitrogens with zero attached hydrogens (tertiary/aromatic N) is 2. The van der Waals surface area contributed by atoms with E-state index in [1.165, 1.54) is 0 Å². The van der Waals surface area contributed by atoms with E-state index in [1.807, 2.05) is 30.3 Å². The van der Waals surface area contributed by atoms with Crippen molar-refractivity contribution in [3.63, 3.8) is 0 Å². The van der Waals surface area contributed by atoms with Gasteiger partial charge in [-0.3, -0.25) is 0 Å². The third-order valence-electron chi connectivity index (χ3n) is 4.94. The molecule has 1 saturated carbocycles. The molecule has 1 heterocycles. The molecule has 4 rings (SSSR count). The molecule has 0 radical (unpaired) electrons. The van der Waals surface area contributed by atoms with Crippen molar-refractivity contribution < 1.29 is 9.94 Å². The van der Waals surface area contributed by atoms with E-state index in [0.29, 0.717) is 29.0 Å². The summed E-state index contributed by atoms with van der Waals surface area (Å²) in [6.07, 6.45) is 6.51. The van der Waals surface area contributed by atoms with Crippen LogP contribution in [-0.4, -0.2) is 9.94 Å². The molecule has 0 saturated heterocycles. The van der Waals surface area contributed by atoms with Crippen LogP contribution in [-0.2, 0) is 0 Å². The Morgan fingerprint density at radius 2 is 1.95 bits per heavy atom. The van der Waals surface area contributed by atoms with Crippen LogP contribution in [0.1, 0.15) is 30.3 Å². The third kappa shape index (κ3) is 1.71. The Balaban J connectivity index is 1.85. The molecule has 0 spiro atoms. The molecule has 1 aromatic carbocycles. The van der Waals surface area contributed by atoms with Gasteiger partial charge in [-0.15, -0.1) is 0 Å². The average Bonchev–Trinajstić information content (AvgIpc) is 3.16. The summed E-state index contributed by atoms with van der Waals surface area (Å²) in [5.41, 5.74) is 2.03. The quantitative estimate of drug-likeness (QED) is 0.398. The Bertz CT molecular complexity index is 718. The van der Waals surface area contributed by atoms with Gasteiger partial charge in [-0.1, -0.05) is 42.5 Å². The first-order chi connectivity index (χ1) is 10.2. The van der Waals surface area contributed by atoms with Crippen LogP contribution in [0.5, 0.6) is 0 Å². The van der Waals surface area contributed by atoms with Gasteiger partial charge in [-0.05, 0) is 29.4 Å². The van der Waals surface area contributed by atoms with E-state index in [-0.39, 0.29) is 5.92 Å². The van der Waals surface area contributed by atoms with E-state index in [2.05, 4.69) is 12.2 Å². The van der Waals surface area contributed by atoms with Gasteiger partial charge in [-0.25, -0.2) is 4.73 Å². The molecule has 2 aromatic rings. The lowest BCUT2D eigenvalue weighted by Crippen LogP contribution is -2.36. The first-order valence-corrected chi connectivity index (χ1v) is 7.44. The summed E-state index contributed by atoms with van der Waals surface area (Å²) in [4.78, 5) is 0. The summed E-state index contributed by atoms with van der Waals surface area (Å²) in [5, 5.41) is 23.2. The average molecular weight is 282 g/mol. The minimum atomic E-state index is 0.124. The van der Waals surface area contributed by atoms with E-state index in [1.54, 1.807) is 6.92 Å². The Kier molecular flexibility index (Phi) is 2.61. The number of fused-ring (bicyclic) bond motifs is 2. The lowest BCUT2D eigenvalue weighted by atomic mass is 9.93. The number of aromatic nitrogens is 2. The maximum atomic E-state index is 12.6. The second-order valence-electron chi connectivity index (χ2n) is 6.15. The second kappa shape index (κ2) is 4.38. The fourth-order valence-corrected chi connectivity index (χ4v) is 3.93. The number of hydrogen-bond donors (Lipinski definition) is 1. The molecule has 3 atom stereocenters. The zero-order valence-electron chi connectivity index (χ0n) is 11.9. The molecule has 2 aliphatic carbocycles. The molecule has 2 aliphatic rings. The van der Waals surface area contributed by atoms with Crippen LogP contribution in [0.15, 0.2) is 42.5 Å².